The highest BCUT2D eigenvalue weighted by Gasteiger charge is 2.15. The lowest BCUT2D eigenvalue weighted by Gasteiger charge is -2.07. The van der Waals surface area contributed by atoms with Gasteiger partial charge in [0.05, 0.1) is 11.0 Å². The monoisotopic (exact) mass is 349 g/mol. The van der Waals surface area contributed by atoms with Crippen molar-refractivity contribution >= 4 is 33.5 Å². The fourth-order valence-electron chi connectivity index (χ4n) is 2.17. The summed E-state index contributed by atoms with van der Waals surface area (Å²) in [4.78, 5) is 18.8. The summed E-state index contributed by atoms with van der Waals surface area (Å²) < 4.78 is 7.33. The third-order valence-electron chi connectivity index (χ3n) is 3.27. The smallest absolute Gasteiger partial charge is 0.269 e. The maximum atomic E-state index is 12.3. The molecule has 5 nitrogen and oxygen atoms in total. The number of fused-ring (bicyclic) bond motifs is 1. The Labute approximate surface area is 142 Å². The van der Waals surface area contributed by atoms with Crippen LogP contribution in [0.1, 0.15) is 30.8 Å². The summed E-state index contributed by atoms with van der Waals surface area (Å²) in [5.74, 6) is -0.0732. The molecule has 0 aromatic carbocycles. The van der Waals surface area contributed by atoms with Gasteiger partial charge in [0.25, 0.3) is 5.91 Å². The van der Waals surface area contributed by atoms with Gasteiger partial charge >= 0.3 is 0 Å². The minimum Gasteiger partial charge on any atom is -0.379 e. The Bertz CT molecular complexity index is 775. The van der Waals surface area contributed by atoms with Crippen molar-refractivity contribution in [3.8, 4) is 10.6 Å². The zero-order chi connectivity index (χ0) is 16.2. The molecule has 0 aliphatic rings. The zero-order valence-corrected chi connectivity index (χ0v) is 14.7. The predicted molar refractivity (Wildman–Crippen MR) is 94.4 cm³/mol. The first-order valence-corrected chi connectivity index (χ1v) is 9.31. The highest BCUT2D eigenvalue weighted by atomic mass is 32.1. The zero-order valence-electron chi connectivity index (χ0n) is 13.1. The Kier molecular flexibility index (Phi) is 5.09. The molecule has 0 radical (unpaired) electrons. The number of carbonyl (C=O) groups excluding carboxylic acids is 1. The maximum absolute atomic E-state index is 12.3. The van der Waals surface area contributed by atoms with Gasteiger partial charge in [-0.3, -0.25) is 9.20 Å². The van der Waals surface area contributed by atoms with Crippen LogP contribution in [0.25, 0.3) is 15.5 Å². The topological polar surface area (TPSA) is 55.6 Å². The van der Waals surface area contributed by atoms with E-state index < -0.39 is 0 Å². The highest BCUT2D eigenvalue weighted by Crippen LogP contribution is 2.26. The van der Waals surface area contributed by atoms with Crippen molar-refractivity contribution in [1.29, 1.82) is 0 Å². The Morgan fingerprint density at radius 2 is 2.30 bits per heavy atom. The van der Waals surface area contributed by atoms with Crippen LogP contribution in [-0.2, 0) is 4.74 Å². The van der Waals surface area contributed by atoms with E-state index in [1.165, 1.54) is 11.3 Å². The number of thiazole rings is 1. The van der Waals surface area contributed by atoms with Gasteiger partial charge < -0.3 is 10.1 Å². The van der Waals surface area contributed by atoms with Gasteiger partial charge in [0.2, 0.25) is 0 Å². The maximum Gasteiger partial charge on any atom is 0.269 e. The van der Waals surface area contributed by atoms with E-state index in [4.69, 9.17) is 4.74 Å². The van der Waals surface area contributed by atoms with Gasteiger partial charge in [-0.1, -0.05) is 6.07 Å². The van der Waals surface area contributed by atoms with Crippen LogP contribution in [0.5, 0.6) is 0 Å². The lowest BCUT2D eigenvalue weighted by molar-refractivity contribution is 0.0756. The van der Waals surface area contributed by atoms with Crippen LogP contribution in [0.3, 0.4) is 0 Å². The van der Waals surface area contributed by atoms with Crippen LogP contribution < -0.4 is 5.32 Å². The molecule has 0 unspecified atom stereocenters. The lowest BCUT2D eigenvalue weighted by atomic mass is 10.3. The molecule has 122 valence electrons. The fraction of sp³-hybridized carbons (Fsp3) is 0.375. The number of carbonyl (C=O) groups is 1. The average molecular weight is 349 g/mol. The first kappa shape index (κ1) is 16.2. The summed E-state index contributed by atoms with van der Waals surface area (Å²) in [6, 6.07) is 4.03. The van der Waals surface area contributed by atoms with Gasteiger partial charge in [0.15, 0.2) is 4.96 Å². The third-order valence-corrected chi connectivity index (χ3v) is 5.01. The molecule has 0 saturated carbocycles. The minimum absolute atomic E-state index is 0.0732. The van der Waals surface area contributed by atoms with E-state index in [1.54, 1.807) is 11.3 Å². The Morgan fingerprint density at radius 3 is 3.04 bits per heavy atom. The quantitative estimate of drug-likeness (QED) is 0.662. The molecule has 3 aromatic heterocycles. The minimum atomic E-state index is -0.0732. The van der Waals surface area contributed by atoms with Crippen molar-refractivity contribution in [2.45, 2.75) is 26.4 Å². The van der Waals surface area contributed by atoms with E-state index in [2.05, 4.69) is 10.3 Å². The standard InChI is InChI=1S/C16H19N3O2S2/c1-11(2)21-7-4-6-17-15(20)13-10-23-16-18-12(9-19(13)16)14-5-3-8-22-14/h3,5,8-11H,4,6-7H2,1-2H3,(H,17,20). The molecule has 7 heteroatoms. The predicted octanol–water partition coefficient (Wildman–Crippen LogP) is 3.67. The normalized spacial score (nSPS) is 11.4. The number of rotatable bonds is 7. The second-order valence-corrected chi connectivity index (χ2v) is 7.19. The number of amides is 1. The largest absolute Gasteiger partial charge is 0.379 e. The van der Waals surface area contributed by atoms with E-state index in [9.17, 15) is 4.79 Å². The second kappa shape index (κ2) is 7.25. The van der Waals surface area contributed by atoms with E-state index in [-0.39, 0.29) is 12.0 Å². The molecular weight excluding hydrogens is 330 g/mol. The average Bonchev–Trinajstić information content (AvgIpc) is 3.21. The number of hydrogen-bond acceptors (Lipinski definition) is 5. The van der Waals surface area contributed by atoms with Crippen molar-refractivity contribution in [3.05, 3.63) is 34.8 Å². The van der Waals surface area contributed by atoms with Crippen LogP contribution in [-0.4, -0.2) is 34.5 Å². The number of ether oxygens (including phenoxy) is 1. The molecule has 1 amide bonds. The summed E-state index contributed by atoms with van der Waals surface area (Å²) in [7, 11) is 0. The Morgan fingerprint density at radius 1 is 1.43 bits per heavy atom. The Balaban J connectivity index is 1.64. The van der Waals surface area contributed by atoms with Gasteiger partial charge in [-0.15, -0.1) is 22.7 Å². The summed E-state index contributed by atoms with van der Waals surface area (Å²) in [6.07, 6.45) is 2.96. The summed E-state index contributed by atoms with van der Waals surface area (Å²) >= 11 is 3.12. The van der Waals surface area contributed by atoms with Gasteiger partial charge in [-0.2, -0.15) is 0 Å². The van der Waals surface area contributed by atoms with E-state index in [0.29, 0.717) is 18.8 Å². The molecule has 0 atom stereocenters. The third kappa shape index (κ3) is 3.80. The van der Waals surface area contributed by atoms with E-state index >= 15 is 0 Å². The number of thiophene rings is 1. The van der Waals surface area contributed by atoms with Crippen molar-refractivity contribution < 1.29 is 9.53 Å². The molecule has 3 rings (SSSR count). The first-order valence-electron chi connectivity index (χ1n) is 7.55. The van der Waals surface area contributed by atoms with E-state index in [1.807, 2.05) is 47.3 Å². The summed E-state index contributed by atoms with van der Waals surface area (Å²) in [5.41, 5.74) is 1.54. The van der Waals surface area contributed by atoms with Gasteiger partial charge in [0.1, 0.15) is 11.4 Å². The molecule has 0 aliphatic heterocycles. The number of nitrogens with one attached hydrogen (secondary N) is 1. The van der Waals surface area contributed by atoms with Crippen molar-refractivity contribution in [2.24, 2.45) is 0 Å². The van der Waals surface area contributed by atoms with Crippen molar-refractivity contribution in [2.75, 3.05) is 13.2 Å². The molecule has 3 aromatic rings. The molecule has 0 bridgehead atoms. The van der Waals surface area contributed by atoms with Crippen molar-refractivity contribution in [3.63, 3.8) is 0 Å². The fourth-order valence-corrected chi connectivity index (χ4v) is 3.71. The van der Waals surface area contributed by atoms with Crippen molar-refractivity contribution in [1.82, 2.24) is 14.7 Å². The van der Waals surface area contributed by atoms with Gasteiger partial charge in [-0.25, -0.2) is 4.98 Å². The molecule has 1 N–H and O–H groups in total. The number of aromatic nitrogens is 2. The SMILES string of the molecule is CC(C)OCCCNC(=O)c1csc2nc(-c3cccs3)cn12. The number of hydrogen-bond donors (Lipinski definition) is 1. The van der Waals surface area contributed by atoms with Gasteiger partial charge in [0, 0.05) is 24.7 Å². The summed E-state index contributed by atoms with van der Waals surface area (Å²) in [6.45, 7) is 5.27. The first-order chi connectivity index (χ1) is 11.1. The molecule has 0 spiro atoms. The molecule has 0 saturated heterocycles. The van der Waals surface area contributed by atoms with Crippen LogP contribution in [0.4, 0.5) is 0 Å². The van der Waals surface area contributed by atoms with Gasteiger partial charge in [-0.05, 0) is 31.7 Å². The lowest BCUT2D eigenvalue weighted by Crippen LogP contribution is -2.26. The van der Waals surface area contributed by atoms with Crippen LogP contribution in [0.2, 0.25) is 0 Å². The van der Waals surface area contributed by atoms with E-state index in [0.717, 1.165) is 22.0 Å². The second-order valence-electron chi connectivity index (χ2n) is 5.41. The van der Waals surface area contributed by atoms with Crippen LogP contribution >= 0.6 is 22.7 Å². The molecular formula is C16H19N3O2S2. The number of nitrogens with zero attached hydrogens (tertiary/aromatic N) is 2. The van der Waals surface area contributed by atoms with Crippen LogP contribution in [0, 0.1) is 0 Å². The summed E-state index contributed by atoms with van der Waals surface area (Å²) in [5, 5.41) is 6.81. The molecule has 0 fully saturated rings. The number of imidazole rings is 1. The molecule has 23 heavy (non-hydrogen) atoms. The Hall–Kier alpha value is -1.70. The molecule has 3 heterocycles. The molecule has 0 aliphatic carbocycles. The highest BCUT2D eigenvalue weighted by molar-refractivity contribution is 7.15. The van der Waals surface area contributed by atoms with Crippen LogP contribution in [0.15, 0.2) is 29.1 Å².